The molecule has 0 radical (unpaired) electrons. The first kappa shape index (κ1) is 13.2. The predicted molar refractivity (Wildman–Crippen MR) is 67.0 cm³/mol. The van der Waals surface area contributed by atoms with E-state index in [4.69, 9.17) is 0 Å². The molecule has 88 valence electrons. The van der Waals surface area contributed by atoms with Crippen LogP contribution in [0, 0.1) is 0 Å². The molecule has 0 aliphatic carbocycles. The third-order valence-corrected chi connectivity index (χ3v) is 2.95. The van der Waals surface area contributed by atoms with Crippen LogP contribution < -0.4 is 5.32 Å². The van der Waals surface area contributed by atoms with Gasteiger partial charge in [-0.05, 0) is 24.6 Å². The summed E-state index contributed by atoms with van der Waals surface area (Å²) in [5.41, 5.74) is -0.252. The van der Waals surface area contributed by atoms with Crippen molar-refractivity contribution in [3.8, 4) is 0 Å². The van der Waals surface area contributed by atoms with Crippen LogP contribution in [0.15, 0.2) is 28.7 Å². The first-order chi connectivity index (χ1) is 7.45. The van der Waals surface area contributed by atoms with Gasteiger partial charge >= 0.3 is 0 Å². The summed E-state index contributed by atoms with van der Waals surface area (Å²) in [6.45, 7) is 3.69. The van der Waals surface area contributed by atoms with Crippen LogP contribution >= 0.6 is 15.9 Å². The van der Waals surface area contributed by atoms with Crippen LogP contribution in [0.25, 0.3) is 0 Å². The number of aliphatic hydroxyl groups is 1. The summed E-state index contributed by atoms with van der Waals surface area (Å²) in [6.07, 6.45) is 0.427. The molecule has 0 aliphatic heterocycles. The van der Waals surface area contributed by atoms with Crippen LogP contribution in [0.2, 0.25) is 0 Å². The molecule has 1 unspecified atom stereocenters. The molecular formula is C12H16BrNO2. The molecule has 1 rings (SSSR count). The van der Waals surface area contributed by atoms with E-state index in [-0.39, 0.29) is 12.5 Å². The van der Waals surface area contributed by atoms with Gasteiger partial charge in [-0.1, -0.05) is 35.0 Å². The summed E-state index contributed by atoms with van der Waals surface area (Å²) < 4.78 is 0.963. The summed E-state index contributed by atoms with van der Waals surface area (Å²) in [5.74, 6) is -0.0580. The fourth-order valence-corrected chi connectivity index (χ4v) is 1.57. The lowest BCUT2D eigenvalue weighted by molar-refractivity contribution is -0.122. The third-order valence-electron chi connectivity index (χ3n) is 2.42. The van der Waals surface area contributed by atoms with E-state index in [0.717, 1.165) is 10.0 Å². The second-order valence-electron chi connectivity index (χ2n) is 3.91. The zero-order valence-corrected chi connectivity index (χ0v) is 11.0. The van der Waals surface area contributed by atoms with Gasteiger partial charge in [-0.15, -0.1) is 0 Å². The molecule has 4 heteroatoms. The largest absolute Gasteiger partial charge is 0.384 e. The Hall–Kier alpha value is -0.870. The van der Waals surface area contributed by atoms with Gasteiger partial charge in [0.25, 0.3) is 0 Å². The van der Waals surface area contributed by atoms with E-state index in [2.05, 4.69) is 21.2 Å². The number of nitrogens with one attached hydrogen (secondary N) is 1. The number of rotatable bonds is 4. The fourth-order valence-electron chi connectivity index (χ4n) is 1.31. The highest BCUT2D eigenvalue weighted by molar-refractivity contribution is 9.10. The van der Waals surface area contributed by atoms with Crippen LogP contribution in [0.1, 0.15) is 25.8 Å². The van der Waals surface area contributed by atoms with Gasteiger partial charge in [0.1, 0.15) is 5.60 Å². The molecule has 0 fully saturated rings. The minimum atomic E-state index is -1.04. The quantitative estimate of drug-likeness (QED) is 0.891. The number of amides is 1. The molecule has 16 heavy (non-hydrogen) atoms. The Morgan fingerprint density at radius 3 is 2.50 bits per heavy atom. The molecule has 0 saturated carbocycles. The van der Waals surface area contributed by atoms with Crippen molar-refractivity contribution in [1.29, 1.82) is 0 Å². The number of hydrogen-bond donors (Lipinski definition) is 2. The highest BCUT2D eigenvalue weighted by atomic mass is 79.9. The number of carbonyl (C=O) groups excluding carboxylic acids is 1. The van der Waals surface area contributed by atoms with E-state index in [1.54, 1.807) is 13.8 Å². The van der Waals surface area contributed by atoms with Crippen molar-refractivity contribution in [2.75, 3.05) is 6.54 Å². The summed E-state index contributed by atoms with van der Waals surface area (Å²) in [5, 5.41) is 12.9. The van der Waals surface area contributed by atoms with Crippen molar-refractivity contribution in [2.45, 2.75) is 25.9 Å². The highest BCUT2D eigenvalue weighted by Crippen LogP contribution is 2.21. The topological polar surface area (TPSA) is 49.3 Å². The Labute approximate surface area is 104 Å². The Balaban J connectivity index is 2.69. The maximum absolute atomic E-state index is 11.1. The van der Waals surface area contributed by atoms with Gasteiger partial charge < -0.3 is 10.4 Å². The van der Waals surface area contributed by atoms with Crippen LogP contribution in [0.5, 0.6) is 0 Å². The highest BCUT2D eigenvalue weighted by Gasteiger charge is 2.23. The Morgan fingerprint density at radius 1 is 1.44 bits per heavy atom. The average molecular weight is 286 g/mol. The van der Waals surface area contributed by atoms with Gasteiger partial charge in [0.05, 0.1) is 6.54 Å². The van der Waals surface area contributed by atoms with Gasteiger partial charge in [-0.3, -0.25) is 4.79 Å². The van der Waals surface area contributed by atoms with Crippen LogP contribution in [-0.2, 0) is 10.4 Å². The summed E-state index contributed by atoms with van der Waals surface area (Å²) >= 11 is 3.33. The molecule has 0 saturated heterocycles. The fraction of sp³-hybridized carbons (Fsp3) is 0.417. The molecule has 0 heterocycles. The molecule has 1 atom stereocenters. The van der Waals surface area contributed by atoms with E-state index in [9.17, 15) is 9.90 Å². The van der Waals surface area contributed by atoms with Crippen LogP contribution in [-0.4, -0.2) is 17.6 Å². The van der Waals surface area contributed by atoms with Crippen molar-refractivity contribution < 1.29 is 9.90 Å². The molecule has 1 aromatic carbocycles. The van der Waals surface area contributed by atoms with Gasteiger partial charge in [0, 0.05) is 10.9 Å². The van der Waals surface area contributed by atoms with Crippen molar-refractivity contribution in [2.24, 2.45) is 0 Å². The number of carbonyl (C=O) groups is 1. The molecular weight excluding hydrogens is 270 g/mol. The lowest BCUT2D eigenvalue weighted by Crippen LogP contribution is -2.38. The predicted octanol–water partition coefficient (Wildman–Crippen LogP) is 2.18. The van der Waals surface area contributed by atoms with Gasteiger partial charge in [-0.25, -0.2) is 0 Å². The molecule has 3 nitrogen and oxygen atoms in total. The zero-order chi connectivity index (χ0) is 12.2. The van der Waals surface area contributed by atoms with Crippen LogP contribution in [0.4, 0.5) is 0 Å². The average Bonchev–Trinajstić information content (AvgIpc) is 2.26. The number of halogens is 1. The minimum absolute atomic E-state index is 0.0580. The molecule has 1 amide bonds. The van der Waals surface area contributed by atoms with Crippen molar-refractivity contribution in [1.82, 2.24) is 5.32 Å². The SMILES string of the molecule is CCC(=O)NCC(C)(O)c1ccc(Br)cc1. The second-order valence-corrected chi connectivity index (χ2v) is 4.83. The Bertz CT molecular complexity index is 360. The molecule has 0 aromatic heterocycles. The standard InChI is InChI=1S/C12H16BrNO2/c1-3-11(15)14-8-12(2,16)9-4-6-10(13)7-5-9/h4-7,16H,3,8H2,1-2H3,(H,14,15). The number of benzene rings is 1. The van der Waals surface area contributed by atoms with Gasteiger partial charge in [-0.2, -0.15) is 0 Å². The second kappa shape index (κ2) is 5.46. The van der Waals surface area contributed by atoms with E-state index in [1.165, 1.54) is 0 Å². The zero-order valence-electron chi connectivity index (χ0n) is 9.46. The minimum Gasteiger partial charge on any atom is -0.384 e. The number of hydrogen-bond acceptors (Lipinski definition) is 2. The molecule has 1 aromatic rings. The first-order valence-electron chi connectivity index (χ1n) is 5.21. The molecule has 0 bridgehead atoms. The first-order valence-corrected chi connectivity index (χ1v) is 6.00. The lowest BCUT2D eigenvalue weighted by atomic mass is 9.96. The molecule has 0 spiro atoms. The van der Waals surface area contributed by atoms with Gasteiger partial charge in [0.2, 0.25) is 5.91 Å². The Kier molecular flexibility index (Phi) is 4.50. The van der Waals surface area contributed by atoms with Crippen molar-refractivity contribution >= 4 is 21.8 Å². The smallest absolute Gasteiger partial charge is 0.219 e. The normalized spacial score (nSPS) is 14.2. The summed E-state index contributed by atoms with van der Waals surface area (Å²) in [6, 6.07) is 7.40. The van der Waals surface area contributed by atoms with E-state index >= 15 is 0 Å². The monoisotopic (exact) mass is 285 g/mol. The molecule has 2 N–H and O–H groups in total. The summed E-state index contributed by atoms with van der Waals surface area (Å²) in [7, 11) is 0. The van der Waals surface area contributed by atoms with Gasteiger partial charge in [0.15, 0.2) is 0 Å². The Morgan fingerprint density at radius 2 is 2.00 bits per heavy atom. The van der Waals surface area contributed by atoms with E-state index < -0.39 is 5.60 Å². The summed E-state index contributed by atoms with van der Waals surface area (Å²) in [4.78, 5) is 11.1. The third kappa shape index (κ3) is 3.61. The molecule has 0 aliphatic rings. The van der Waals surface area contributed by atoms with Crippen molar-refractivity contribution in [3.63, 3.8) is 0 Å². The van der Waals surface area contributed by atoms with E-state index in [0.29, 0.717) is 6.42 Å². The van der Waals surface area contributed by atoms with Crippen molar-refractivity contribution in [3.05, 3.63) is 34.3 Å². The maximum atomic E-state index is 11.1. The maximum Gasteiger partial charge on any atom is 0.219 e. The van der Waals surface area contributed by atoms with Crippen LogP contribution in [0.3, 0.4) is 0 Å². The van der Waals surface area contributed by atoms with E-state index in [1.807, 2.05) is 24.3 Å². The lowest BCUT2D eigenvalue weighted by Gasteiger charge is -2.24.